The van der Waals surface area contributed by atoms with Gasteiger partial charge in [0.2, 0.25) is 11.8 Å². The first-order valence-electron chi connectivity index (χ1n) is 5.96. The van der Waals surface area contributed by atoms with E-state index in [2.05, 4.69) is 17.1 Å². The Morgan fingerprint density at radius 3 is 2.47 bits per heavy atom. The molecule has 0 radical (unpaired) electrons. The maximum absolute atomic E-state index is 11.4. The van der Waals surface area contributed by atoms with E-state index in [1.807, 2.05) is 0 Å². The zero-order valence-electron chi connectivity index (χ0n) is 10.1. The molecule has 2 saturated heterocycles. The minimum atomic E-state index is -0.00668. The fourth-order valence-electron chi connectivity index (χ4n) is 2.32. The van der Waals surface area contributed by atoms with Crippen LogP contribution in [0.1, 0.15) is 19.8 Å². The summed E-state index contributed by atoms with van der Waals surface area (Å²) in [4.78, 5) is 26.6. The van der Waals surface area contributed by atoms with Gasteiger partial charge in [-0.25, -0.2) is 0 Å². The zero-order chi connectivity index (χ0) is 11.5. The molecule has 2 aliphatic heterocycles. The Hall–Kier alpha value is -0.650. The summed E-state index contributed by atoms with van der Waals surface area (Å²) in [6, 6.07) is 0.488. The quantitative estimate of drug-likeness (QED) is 0.718. The Labute approximate surface area is 108 Å². The first-order chi connectivity index (χ1) is 7.68. The van der Waals surface area contributed by atoms with Crippen LogP contribution in [0.15, 0.2) is 0 Å². The lowest BCUT2D eigenvalue weighted by Gasteiger charge is -2.34. The lowest BCUT2D eigenvalue weighted by Crippen LogP contribution is -2.52. The summed E-state index contributed by atoms with van der Waals surface area (Å²) in [7, 11) is 0. The smallest absolute Gasteiger partial charge is 0.229 e. The molecule has 2 fully saturated rings. The molecule has 1 atom stereocenters. The highest BCUT2D eigenvalue weighted by atomic mass is 35.5. The summed E-state index contributed by atoms with van der Waals surface area (Å²) < 4.78 is 0. The van der Waals surface area contributed by atoms with E-state index >= 15 is 0 Å². The maximum Gasteiger partial charge on any atom is 0.229 e. The number of piperazine rings is 1. The third-order valence-electron chi connectivity index (χ3n) is 3.40. The third-order valence-corrected chi connectivity index (χ3v) is 3.40. The molecule has 0 aliphatic carbocycles. The van der Waals surface area contributed by atoms with Crippen molar-refractivity contribution in [2.75, 3.05) is 32.7 Å². The average Bonchev–Trinajstić information content (AvgIpc) is 2.58. The maximum atomic E-state index is 11.4. The Kier molecular flexibility index (Phi) is 5.36. The van der Waals surface area contributed by atoms with Crippen molar-refractivity contribution >= 4 is 24.2 Å². The third kappa shape index (κ3) is 3.40. The molecule has 2 aliphatic rings. The Morgan fingerprint density at radius 1 is 1.24 bits per heavy atom. The van der Waals surface area contributed by atoms with Crippen molar-refractivity contribution in [3.05, 3.63) is 0 Å². The van der Waals surface area contributed by atoms with Crippen molar-refractivity contribution in [1.29, 1.82) is 0 Å². The standard InChI is InChI=1S/C11H19N3O2.ClH/c1-9-8-12-4-5-13(9)6-7-14-10(15)2-3-11(14)16;/h9,12H,2-8H2,1H3;1H/t9-;/m1./s1. The second kappa shape index (κ2) is 6.33. The number of halogens is 1. The first-order valence-corrected chi connectivity index (χ1v) is 5.96. The lowest BCUT2D eigenvalue weighted by molar-refractivity contribution is -0.138. The highest BCUT2D eigenvalue weighted by Gasteiger charge is 2.29. The number of nitrogens with one attached hydrogen (secondary N) is 1. The molecule has 0 bridgehead atoms. The largest absolute Gasteiger partial charge is 0.314 e. The normalized spacial score (nSPS) is 26.2. The van der Waals surface area contributed by atoms with E-state index in [-0.39, 0.29) is 24.2 Å². The molecular formula is C11H20ClN3O2. The van der Waals surface area contributed by atoms with Gasteiger partial charge in [-0.05, 0) is 6.92 Å². The molecule has 0 saturated carbocycles. The van der Waals surface area contributed by atoms with Crippen LogP contribution in [0, 0.1) is 0 Å². The SMILES string of the molecule is C[C@@H]1CNCCN1CCN1C(=O)CCC1=O.Cl. The van der Waals surface area contributed by atoms with E-state index in [4.69, 9.17) is 0 Å². The summed E-state index contributed by atoms with van der Waals surface area (Å²) in [6.07, 6.45) is 0.798. The minimum Gasteiger partial charge on any atom is -0.314 e. The second-order valence-corrected chi connectivity index (χ2v) is 4.53. The van der Waals surface area contributed by atoms with Gasteiger partial charge >= 0.3 is 0 Å². The lowest BCUT2D eigenvalue weighted by atomic mass is 10.2. The number of likely N-dealkylation sites (tertiary alicyclic amines) is 1. The van der Waals surface area contributed by atoms with Crippen LogP contribution in [0.25, 0.3) is 0 Å². The summed E-state index contributed by atoms with van der Waals surface area (Å²) >= 11 is 0. The van der Waals surface area contributed by atoms with Crippen molar-refractivity contribution in [1.82, 2.24) is 15.1 Å². The molecule has 2 amide bonds. The Balaban J connectivity index is 0.00000144. The summed E-state index contributed by atoms with van der Waals surface area (Å²) in [5.74, 6) is -0.0134. The van der Waals surface area contributed by atoms with Gasteiger partial charge < -0.3 is 5.32 Å². The summed E-state index contributed by atoms with van der Waals surface area (Å²) in [5.41, 5.74) is 0. The van der Waals surface area contributed by atoms with Crippen LogP contribution in [0.3, 0.4) is 0 Å². The van der Waals surface area contributed by atoms with Gasteiger partial charge in [-0.1, -0.05) is 0 Å². The van der Waals surface area contributed by atoms with E-state index in [0.717, 1.165) is 26.2 Å². The first kappa shape index (κ1) is 14.4. The van der Waals surface area contributed by atoms with Gasteiger partial charge in [-0.3, -0.25) is 19.4 Å². The monoisotopic (exact) mass is 261 g/mol. The van der Waals surface area contributed by atoms with Crippen LogP contribution in [-0.2, 0) is 9.59 Å². The van der Waals surface area contributed by atoms with E-state index in [1.54, 1.807) is 0 Å². The predicted molar refractivity (Wildman–Crippen MR) is 67.1 cm³/mol. The average molecular weight is 262 g/mol. The van der Waals surface area contributed by atoms with Gasteiger partial charge in [-0.2, -0.15) is 0 Å². The Bertz CT molecular complexity index is 282. The van der Waals surface area contributed by atoms with Gasteiger partial charge in [-0.15, -0.1) is 12.4 Å². The molecule has 2 heterocycles. The molecule has 2 rings (SSSR count). The number of hydrogen-bond acceptors (Lipinski definition) is 4. The number of amides is 2. The zero-order valence-corrected chi connectivity index (χ0v) is 11.0. The molecule has 17 heavy (non-hydrogen) atoms. The molecule has 0 aromatic carbocycles. The fourth-order valence-corrected chi connectivity index (χ4v) is 2.32. The van der Waals surface area contributed by atoms with Crippen molar-refractivity contribution in [2.45, 2.75) is 25.8 Å². The van der Waals surface area contributed by atoms with Crippen molar-refractivity contribution in [3.8, 4) is 0 Å². The van der Waals surface area contributed by atoms with Crippen LogP contribution in [0.4, 0.5) is 0 Å². The van der Waals surface area contributed by atoms with E-state index in [9.17, 15) is 9.59 Å². The highest BCUT2D eigenvalue weighted by molar-refractivity contribution is 6.01. The molecule has 98 valence electrons. The second-order valence-electron chi connectivity index (χ2n) is 4.53. The van der Waals surface area contributed by atoms with E-state index in [0.29, 0.717) is 25.4 Å². The number of carbonyl (C=O) groups is 2. The summed E-state index contributed by atoms with van der Waals surface area (Å²) in [5, 5.41) is 3.32. The van der Waals surface area contributed by atoms with Gasteiger partial charge in [0.1, 0.15) is 0 Å². The van der Waals surface area contributed by atoms with Gasteiger partial charge in [0.15, 0.2) is 0 Å². The topological polar surface area (TPSA) is 52.6 Å². The van der Waals surface area contributed by atoms with Gasteiger partial charge in [0.05, 0.1) is 0 Å². The number of rotatable bonds is 3. The highest BCUT2D eigenvalue weighted by Crippen LogP contribution is 2.12. The van der Waals surface area contributed by atoms with Crippen molar-refractivity contribution in [3.63, 3.8) is 0 Å². The molecule has 6 heteroatoms. The molecule has 0 aromatic rings. The van der Waals surface area contributed by atoms with Crippen molar-refractivity contribution in [2.24, 2.45) is 0 Å². The molecule has 0 unspecified atom stereocenters. The number of imide groups is 1. The number of nitrogens with zero attached hydrogens (tertiary/aromatic N) is 2. The predicted octanol–water partition coefficient (Wildman–Crippen LogP) is -0.149. The van der Waals surface area contributed by atoms with Crippen LogP contribution < -0.4 is 5.32 Å². The fraction of sp³-hybridized carbons (Fsp3) is 0.818. The van der Waals surface area contributed by atoms with Gasteiger partial charge in [0, 0.05) is 51.6 Å². The van der Waals surface area contributed by atoms with Gasteiger partial charge in [0.25, 0.3) is 0 Å². The Morgan fingerprint density at radius 2 is 1.88 bits per heavy atom. The van der Waals surface area contributed by atoms with Crippen LogP contribution in [0.5, 0.6) is 0 Å². The number of carbonyl (C=O) groups excluding carboxylic acids is 2. The van der Waals surface area contributed by atoms with Crippen molar-refractivity contribution < 1.29 is 9.59 Å². The number of hydrogen-bond donors (Lipinski definition) is 1. The molecule has 5 nitrogen and oxygen atoms in total. The van der Waals surface area contributed by atoms with E-state index in [1.165, 1.54) is 4.90 Å². The summed E-state index contributed by atoms with van der Waals surface area (Å²) in [6.45, 7) is 6.51. The molecule has 1 N–H and O–H groups in total. The molecule has 0 spiro atoms. The van der Waals surface area contributed by atoms with Crippen LogP contribution in [0.2, 0.25) is 0 Å². The molecular weight excluding hydrogens is 242 g/mol. The molecule has 0 aromatic heterocycles. The van der Waals surface area contributed by atoms with Crippen LogP contribution >= 0.6 is 12.4 Å². The van der Waals surface area contributed by atoms with Crippen LogP contribution in [-0.4, -0.2) is 60.4 Å². The minimum absolute atomic E-state index is 0. The van der Waals surface area contributed by atoms with E-state index < -0.39 is 0 Å².